The first-order chi connectivity index (χ1) is 15.2. The second-order valence-corrected chi connectivity index (χ2v) is 8.56. The highest BCUT2D eigenvalue weighted by molar-refractivity contribution is 6.30. The zero-order chi connectivity index (χ0) is 21.4. The summed E-state index contributed by atoms with van der Waals surface area (Å²) in [6.45, 7) is 0.806. The summed E-state index contributed by atoms with van der Waals surface area (Å²) in [6.07, 6.45) is 6.68. The van der Waals surface area contributed by atoms with Crippen LogP contribution in [0.5, 0.6) is 0 Å². The summed E-state index contributed by atoms with van der Waals surface area (Å²) in [6, 6.07) is 14.5. The molecule has 158 valence electrons. The van der Waals surface area contributed by atoms with E-state index >= 15 is 0 Å². The minimum absolute atomic E-state index is 0.113. The number of anilines is 1. The van der Waals surface area contributed by atoms with Crippen molar-refractivity contribution in [2.45, 2.75) is 37.8 Å². The van der Waals surface area contributed by atoms with Crippen LogP contribution in [0.2, 0.25) is 5.02 Å². The normalized spacial score (nSPS) is 18.5. The lowest BCUT2D eigenvalue weighted by atomic mass is 9.92. The molecule has 0 bridgehead atoms. The van der Waals surface area contributed by atoms with E-state index in [0.717, 1.165) is 46.2 Å². The summed E-state index contributed by atoms with van der Waals surface area (Å²) in [4.78, 5) is 4.16. The van der Waals surface area contributed by atoms with E-state index in [1.807, 2.05) is 24.3 Å². The van der Waals surface area contributed by atoms with Crippen LogP contribution >= 0.6 is 11.6 Å². The molecule has 1 fully saturated rings. The number of nitrogens with two attached hydrogens (primary N) is 1. The molecule has 0 radical (unpaired) electrons. The molecule has 1 aliphatic carbocycles. The van der Waals surface area contributed by atoms with Crippen molar-refractivity contribution in [1.82, 2.24) is 15.0 Å². The standard InChI is InChI=1S/C24H25ClN6/c1-27-14-17(13-26)16-4-9-20-21(12-16)22(28-19-7-5-18(25)6-8-19)10-11-31-24(20)23(29-30-31)15-2-3-15/h4-9,12-15,22,28H,2-3,10-11,26H2,1H3. The van der Waals surface area contributed by atoms with Gasteiger partial charge in [0.25, 0.3) is 0 Å². The van der Waals surface area contributed by atoms with Crippen molar-refractivity contribution >= 4 is 29.1 Å². The molecule has 1 unspecified atom stereocenters. The monoisotopic (exact) mass is 432 g/mol. The van der Waals surface area contributed by atoms with Gasteiger partial charge in [-0.1, -0.05) is 28.9 Å². The molecule has 5 rings (SSSR count). The fraction of sp³-hybridized carbons (Fsp3) is 0.292. The lowest BCUT2D eigenvalue weighted by Crippen LogP contribution is -2.13. The first-order valence-electron chi connectivity index (χ1n) is 10.6. The average molecular weight is 433 g/mol. The third kappa shape index (κ3) is 3.83. The molecule has 1 aromatic heterocycles. The molecule has 3 aromatic rings. The van der Waals surface area contributed by atoms with Gasteiger partial charge in [0.15, 0.2) is 0 Å². The molecule has 0 amide bonds. The van der Waals surface area contributed by atoms with Gasteiger partial charge in [-0.05, 0) is 60.7 Å². The largest absolute Gasteiger partial charge is 0.404 e. The van der Waals surface area contributed by atoms with E-state index in [4.69, 9.17) is 17.3 Å². The first kappa shape index (κ1) is 19.8. The quantitative estimate of drug-likeness (QED) is 0.554. The number of aromatic nitrogens is 3. The summed E-state index contributed by atoms with van der Waals surface area (Å²) >= 11 is 6.09. The topological polar surface area (TPSA) is 81.1 Å². The molecule has 1 atom stereocenters. The maximum Gasteiger partial charge on any atom is 0.0937 e. The number of allylic oxidation sites excluding steroid dienone is 1. The highest BCUT2D eigenvalue weighted by Gasteiger charge is 2.34. The predicted molar refractivity (Wildman–Crippen MR) is 126 cm³/mol. The third-order valence-corrected chi connectivity index (χ3v) is 6.26. The number of hydrogen-bond donors (Lipinski definition) is 2. The maximum atomic E-state index is 6.09. The molecule has 0 spiro atoms. The molecule has 2 aromatic carbocycles. The van der Waals surface area contributed by atoms with Crippen LogP contribution in [0.15, 0.2) is 53.7 Å². The second kappa shape index (κ2) is 8.19. The van der Waals surface area contributed by atoms with Crippen LogP contribution in [0.3, 0.4) is 0 Å². The lowest BCUT2D eigenvalue weighted by molar-refractivity contribution is 0.539. The Bertz CT molecular complexity index is 1160. The van der Waals surface area contributed by atoms with Gasteiger partial charge in [-0.3, -0.25) is 4.99 Å². The van der Waals surface area contributed by atoms with Crippen LogP contribution in [0.25, 0.3) is 16.8 Å². The van der Waals surface area contributed by atoms with Gasteiger partial charge in [0.05, 0.1) is 17.4 Å². The smallest absolute Gasteiger partial charge is 0.0937 e. The fourth-order valence-electron chi connectivity index (χ4n) is 4.30. The number of nitrogens with zero attached hydrogens (tertiary/aromatic N) is 4. The van der Waals surface area contributed by atoms with Gasteiger partial charge in [0, 0.05) is 53.8 Å². The van der Waals surface area contributed by atoms with E-state index in [1.54, 1.807) is 19.5 Å². The summed E-state index contributed by atoms with van der Waals surface area (Å²) in [5, 5.41) is 13.5. The van der Waals surface area contributed by atoms with Crippen LogP contribution in [0.1, 0.15) is 48.0 Å². The summed E-state index contributed by atoms with van der Waals surface area (Å²) < 4.78 is 2.07. The Hall–Kier alpha value is -3.12. The second-order valence-electron chi connectivity index (χ2n) is 8.12. The van der Waals surface area contributed by atoms with E-state index in [1.165, 1.54) is 24.0 Å². The molecular weight excluding hydrogens is 408 g/mol. The Kier molecular flexibility index (Phi) is 5.24. The zero-order valence-corrected chi connectivity index (χ0v) is 18.2. The van der Waals surface area contributed by atoms with Crippen molar-refractivity contribution in [1.29, 1.82) is 0 Å². The molecule has 6 nitrogen and oxygen atoms in total. The van der Waals surface area contributed by atoms with Gasteiger partial charge < -0.3 is 11.1 Å². The van der Waals surface area contributed by atoms with Crippen molar-refractivity contribution in [3.63, 3.8) is 0 Å². The Labute approximate surface area is 186 Å². The molecule has 7 heteroatoms. The van der Waals surface area contributed by atoms with Gasteiger partial charge in [0.2, 0.25) is 0 Å². The number of halogens is 1. The molecule has 0 saturated heterocycles. The number of benzene rings is 2. The van der Waals surface area contributed by atoms with Crippen LogP contribution < -0.4 is 11.1 Å². The van der Waals surface area contributed by atoms with Crippen molar-refractivity contribution < 1.29 is 0 Å². The van der Waals surface area contributed by atoms with Gasteiger partial charge in [0.1, 0.15) is 0 Å². The van der Waals surface area contributed by atoms with E-state index < -0.39 is 0 Å². The van der Waals surface area contributed by atoms with E-state index in [-0.39, 0.29) is 6.04 Å². The highest BCUT2D eigenvalue weighted by Crippen LogP contribution is 2.46. The lowest BCUT2D eigenvalue weighted by Gasteiger charge is -2.21. The summed E-state index contributed by atoms with van der Waals surface area (Å²) in [5.41, 5.74) is 13.6. The van der Waals surface area contributed by atoms with Crippen molar-refractivity contribution in [3.05, 3.63) is 70.5 Å². The van der Waals surface area contributed by atoms with Crippen LogP contribution in [0, 0.1) is 0 Å². The molecule has 2 aliphatic rings. The van der Waals surface area contributed by atoms with E-state index in [0.29, 0.717) is 5.92 Å². The third-order valence-electron chi connectivity index (χ3n) is 6.00. The minimum Gasteiger partial charge on any atom is -0.404 e. The number of aryl methyl sites for hydroxylation is 1. The van der Waals surface area contributed by atoms with Gasteiger partial charge in [-0.25, -0.2) is 4.68 Å². The molecular formula is C24H25ClN6. The number of rotatable bonds is 5. The van der Waals surface area contributed by atoms with E-state index in [2.05, 4.69) is 43.5 Å². The van der Waals surface area contributed by atoms with E-state index in [9.17, 15) is 0 Å². The summed E-state index contributed by atoms with van der Waals surface area (Å²) in [5.74, 6) is 0.531. The minimum atomic E-state index is 0.113. The predicted octanol–water partition coefficient (Wildman–Crippen LogP) is 5.03. The molecule has 31 heavy (non-hydrogen) atoms. The number of aliphatic imine (C=N–C) groups is 1. The number of hydrogen-bond acceptors (Lipinski definition) is 5. The van der Waals surface area contributed by atoms with Gasteiger partial charge in [-0.15, -0.1) is 5.10 Å². The highest BCUT2D eigenvalue weighted by atomic mass is 35.5. The Morgan fingerprint density at radius 2 is 2.00 bits per heavy atom. The van der Waals surface area contributed by atoms with Crippen molar-refractivity contribution in [3.8, 4) is 11.3 Å². The first-order valence-corrected chi connectivity index (χ1v) is 11.0. The molecule has 3 N–H and O–H groups in total. The zero-order valence-electron chi connectivity index (χ0n) is 17.4. The fourth-order valence-corrected chi connectivity index (χ4v) is 4.42. The van der Waals surface area contributed by atoms with Crippen molar-refractivity contribution in [2.75, 3.05) is 12.4 Å². The molecule has 1 aliphatic heterocycles. The number of nitrogens with one attached hydrogen (secondary N) is 1. The molecule has 2 heterocycles. The van der Waals surface area contributed by atoms with Crippen LogP contribution in [-0.4, -0.2) is 28.3 Å². The Morgan fingerprint density at radius 3 is 2.71 bits per heavy atom. The van der Waals surface area contributed by atoms with Crippen molar-refractivity contribution in [2.24, 2.45) is 10.7 Å². The average Bonchev–Trinajstić information content (AvgIpc) is 3.57. The maximum absolute atomic E-state index is 6.09. The van der Waals surface area contributed by atoms with Crippen LogP contribution in [-0.2, 0) is 6.54 Å². The summed E-state index contributed by atoms with van der Waals surface area (Å²) in [7, 11) is 1.75. The number of fused-ring (bicyclic) bond motifs is 3. The van der Waals surface area contributed by atoms with Gasteiger partial charge >= 0.3 is 0 Å². The Morgan fingerprint density at radius 1 is 1.19 bits per heavy atom. The van der Waals surface area contributed by atoms with Crippen LogP contribution in [0.4, 0.5) is 5.69 Å². The van der Waals surface area contributed by atoms with Gasteiger partial charge in [-0.2, -0.15) is 0 Å². The SMILES string of the molecule is CN=CC(=CN)c1ccc2c(c1)C(Nc1ccc(Cl)cc1)CCn1nnc(C3CC3)c1-2. The molecule has 1 saturated carbocycles. The Balaban J connectivity index is 1.63.